The van der Waals surface area contributed by atoms with Crippen LogP contribution < -0.4 is 9.47 Å². The third kappa shape index (κ3) is 7.52. The van der Waals surface area contributed by atoms with Gasteiger partial charge >= 0.3 is 12.1 Å². The Hall–Kier alpha value is -3.44. The maximum Gasteiger partial charge on any atom is 0.422 e. The van der Waals surface area contributed by atoms with E-state index in [1.165, 1.54) is 17.0 Å². The van der Waals surface area contributed by atoms with Crippen LogP contribution in [0.15, 0.2) is 18.2 Å². The third-order valence-electron chi connectivity index (χ3n) is 9.50. The number of benzene rings is 1. The Morgan fingerprint density at radius 3 is 2.56 bits per heavy atom. The molecule has 45 heavy (non-hydrogen) atoms. The van der Waals surface area contributed by atoms with Crippen molar-refractivity contribution in [1.82, 2.24) is 14.9 Å². The second kappa shape index (κ2) is 12.4. The molecule has 2 fully saturated rings. The first kappa shape index (κ1) is 32.9. The van der Waals surface area contributed by atoms with Crippen molar-refractivity contribution in [2.45, 2.75) is 103 Å². The number of aldehydes is 1. The normalized spacial score (nSPS) is 30.0. The first-order chi connectivity index (χ1) is 21.1. The summed E-state index contributed by atoms with van der Waals surface area (Å²) in [7, 11) is 0. The minimum atomic E-state index is -4.49. The Kier molecular flexibility index (Phi) is 9.07. The second-order valence-corrected chi connectivity index (χ2v) is 14.1. The maximum atomic E-state index is 14.0. The lowest BCUT2D eigenvalue weighted by Gasteiger charge is -2.34. The number of aromatic nitrogens is 2. The molecule has 1 saturated heterocycles. The van der Waals surface area contributed by atoms with E-state index in [0.29, 0.717) is 23.1 Å². The highest BCUT2D eigenvalue weighted by molar-refractivity contribution is 5.87. The molecule has 0 spiro atoms. The fraction of sp³-hybridized carbons (Fsp3) is 0.667. The number of amides is 1. The second-order valence-electron chi connectivity index (χ2n) is 14.1. The fourth-order valence-corrected chi connectivity index (χ4v) is 6.53. The van der Waals surface area contributed by atoms with Gasteiger partial charge in [-0.25, -0.2) is 9.97 Å². The highest BCUT2D eigenvalue weighted by Crippen LogP contribution is 2.50. The molecular formula is C33H42F3N3O6. The molecule has 6 atom stereocenters. The zero-order valence-electron chi connectivity index (χ0n) is 26.5. The fourth-order valence-electron chi connectivity index (χ4n) is 6.53. The minimum absolute atomic E-state index is 0.000107. The average Bonchev–Trinajstić information content (AvgIpc) is 3.47. The lowest BCUT2D eigenvalue weighted by atomic mass is 9.77. The van der Waals surface area contributed by atoms with Crippen LogP contribution in [-0.4, -0.2) is 70.1 Å². The standard InChI is InChI=1S/C33H42F3N3O6/c1-19-26(17-40)39-16-27(19)44-29-24(37-23-12-11-21(13-25(23)38-29)43-18-33(34,35)36)10-8-6-7-9-20-15-32(20,5)45-28(41)14-22(30(39)42)31(2,3)4/h11-13,17,19-20,22,26-27H,6-10,14-16,18H2,1-5H3/t19-,20+,22+,26+,27-,32+/m0/s1. The van der Waals surface area contributed by atoms with E-state index >= 15 is 0 Å². The van der Waals surface area contributed by atoms with Crippen LogP contribution in [0.3, 0.4) is 0 Å². The van der Waals surface area contributed by atoms with Gasteiger partial charge in [0.05, 0.1) is 36.0 Å². The van der Waals surface area contributed by atoms with Crippen molar-refractivity contribution < 1.29 is 41.8 Å². The molecule has 1 aromatic heterocycles. The smallest absolute Gasteiger partial charge is 0.422 e. The number of hydrogen-bond acceptors (Lipinski definition) is 8. The summed E-state index contributed by atoms with van der Waals surface area (Å²) in [5, 5.41) is 0. The molecule has 246 valence electrons. The van der Waals surface area contributed by atoms with Gasteiger partial charge in [0.2, 0.25) is 11.8 Å². The minimum Gasteiger partial charge on any atom is -0.484 e. The van der Waals surface area contributed by atoms with Crippen LogP contribution in [-0.2, 0) is 25.5 Å². The van der Waals surface area contributed by atoms with Gasteiger partial charge in [-0.1, -0.05) is 40.5 Å². The number of hydrogen-bond donors (Lipinski definition) is 0. The largest absolute Gasteiger partial charge is 0.484 e. The van der Waals surface area contributed by atoms with Gasteiger partial charge in [0.15, 0.2) is 6.61 Å². The van der Waals surface area contributed by atoms with E-state index < -0.39 is 53.8 Å². The molecule has 1 amide bonds. The van der Waals surface area contributed by atoms with Crippen molar-refractivity contribution in [3.05, 3.63) is 23.9 Å². The van der Waals surface area contributed by atoms with Crippen LogP contribution in [0.25, 0.3) is 11.0 Å². The molecule has 3 aliphatic rings. The van der Waals surface area contributed by atoms with Gasteiger partial charge in [-0.3, -0.25) is 9.59 Å². The molecule has 1 saturated carbocycles. The lowest BCUT2D eigenvalue weighted by Crippen LogP contribution is -2.46. The van der Waals surface area contributed by atoms with Gasteiger partial charge in [0.1, 0.15) is 29.4 Å². The van der Waals surface area contributed by atoms with E-state index in [2.05, 4.69) is 4.98 Å². The van der Waals surface area contributed by atoms with Crippen LogP contribution in [0, 0.1) is 23.2 Å². The zero-order chi connectivity index (χ0) is 32.7. The van der Waals surface area contributed by atoms with Gasteiger partial charge in [0.25, 0.3) is 0 Å². The summed E-state index contributed by atoms with van der Waals surface area (Å²) in [4.78, 5) is 50.5. The highest BCUT2D eigenvalue weighted by atomic mass is 19.4. The summed E-state index contributed by atoms with van der Waals surface area (Å²) in [5.41, 5.74) is 0.286. The quantitative estimate of drug-likeness (QED) is 0.306. The van der Waals surface area contributed by atoms with Gasteiger partial charge in [-0.05, 0) is 50.2 Å². The Labute approximate surface area is 261 Å². The van der Waals surface area contributed by atoms with E-state index in [1.807, 2.05) is 34.6 Å². The molecule has 12 heteroatoms. The molecule has 5 rings (SSSR count). The van der Waals surface area contributed by atoms with Crippen LogP contribution >= 0.6 is 0 Å². The number of halogens is 3. The van der Waals surface area contributed by atoms with Crippen molar-refractivity contribution in [3.8, 4) is 11.6 Å². The summed E-state index contributed by atoms with van der Waals surface area (Å²) in [6.45, 7) is 8.11. The van der Waals surface area contributed by atoms with E-state index in [-0.39, 0.29) is 36.4 Å². The van der Waals surface area contributed by atoms with Crippen LogP contribution in [0.2, 0.25) is 0 Å². The number of alkyl halides is 3. The third-order valence-corrected chi connectivity index (χ3v) is 9.50. The number of nitrogens with zero attached hydrogens (tertiary/aromatic N) is 3. The van der Waals surface area contributed by atoms with Crippen LogP contribution in [0.1, 0.15) is 78.8 Å². The van der Waals surface area contributed by atoms with Gasteiger partial charge in [-0.15, -0.1) is 0 Å². The van der Waals surface area contributed by atoms with E-state index in [4.69, 9.17) is 19.2 Å². The summed E-state index contributed by atoms with van der Waals surface area (Å²) < 4.78 is 55.5. The topological polar surface area (TPSA) is 108 Å². The Morgan fingerprint density at radius 1 is 1.11 bits per heavy atom. The summed E-state index contributed by atoms with van der Waals surface area (Å²) in [6.07, 6.45) is 0.428. The molecule has 3 heterocycles. The summed E-state index contributed by atoms with van der Waals surface area (Å²) in [5.74, 6) is -1.37. The Morgan fingerprint density at radius 2 is 1.87 bits per heavy atom. The number of carbonyl (C=O) groups excluding carboxylic acids is 3. The predicted molar refractivity (Wildman–Crippen MR) is 159 cm³/mol. The number of fused-ring (bicyclic) bond motifs is 5. The SMILES string of the molecule is C[C@@H]1[C@@H]2CN(C(=O)[C@H](C(C)(C)C)CC(=O)O[C@]3(C)C[C@H]3CCCCCc3nc4ccc(OCC(F)(F)F)cc4nc3O2)[C@@H]1C=O. The van der Waals surface area contributed by atoms with Crippen LogP contribution in [0.5, 0.6) is 11.6 Å². The molecule has 9 nitrogen and oxygen atoms in total. The Bertz CT molecular complexity index is 1440. The van der Waals surface area contributed by atoms with Gasteiger partial charge in [0, 0.05) is 17.9 Å². The van der Waals surface area contributed by atoms with Crippen molar-refractivity contribution in [1.29, 1.82) is 0 Å². The first-order valence-corrected chi connectivity index (χ1v) is 15.7. The number of rotatable bonds is 3. The zero-order valence-corrected chi connectivity index (χ0v) is 26.5. The molecule has 2 bridgehead atoms. The van der Waals surface area contributed by atoms with E-state index in [1.54, 1.807) is 6.07 Å². The van der Waals surface area contributed by atoms with E-state index in [0.717, 1.165) is 38.4 Å². The Balaban J connectivity index is 1.48. The first-order valence-electron chi connectivity index (χ1n) is 15.7. The summed E-state index contributed by atoms with van der Waals surface area (Å²) in [6, 6.07) is 3.61. The molecule has 0 unspecified atom stereocenters. The number of carbonyl (C=O) groups is 3. The van der Waals surface area contributed by atoms with Crippen molar-refractivity contribution >= 4 is 29.2 Å². The molecule has 0 N–H and O–H groups in total. The van der Waals surface area contributed by atoms with Crippen molar-refractivity contribution in [2.75, 3.05) is 13.2 Å². The number of aryl methyl sites for hydroxylation is 1. The monoisotopic (exact) mass is 633 g/mol. The molecule has 2 aliphatic heterocycles. The molecule has 1 aliphatic carbocycles. The maximum absolute atomic E-state index is 14.0. The predicted octanol–water partition coefficient (Wildman–Crippen LogP) is 5.85. The summed E-state index contributed by atoms with van der Waals surface area (Å²) >= 11 is 0. The van der Waals surface area contributed by atoms with E-state index in [9.17, 15) is 27.6 Å². The van der Waals surface area contributed by atoms with Crippen molar-refractivity contribution in [2.24, 2.45) is 23.2 Å². The number of esters is 1. The van der Waals surface area contributed by atoms with Gasteiger partial charge < -0.3 is 23.9 Å². The molecule has 1 aromatic carbocycles. The molecule has 2 aromatic rings. The molecular weight excluding hydrogens is 591 g/mol. The number of ether oxygens (including phenoxy) is 3. The van der Waals surface area contributed by atoms with Gasteiger partial charge in [-0.2, -0.15) is 13.2 Å². The lowest BCUT2D eigenvalue weighted by molar-refractivity contribution is -0.158. The average molecular weight is 634 g/mol. The highest BCUT2D eigenvalue weighted by Gasteiger charge is 2.54. The molecule has 0 radical (unpaired) electrons. The van der Waals surface area contributed by atoms with Crippen molar-refractivity contribution in [3.63, 3.8) is 0 Å². The van der Waals surface area contributed by atoms with Crippen LogP contribution in [0.4, 0.5) is 13.2 Å².